The standard InChI is InChI=1S/C21H15FO5/c22-15-2-4-16(5-3-15)24-12-18-7-6-17(27-18)8-9-19(23)14-1-10-20-21(11-14)26-13-25-20/h1-11H,12-13H2/b9-8+. The van der Waals surface area contributed by atoms with Gasteiger partial charge in [-0.3, -0.25) is 4.79 Å². The van der Waals surface area contributed by atoms with Crippen molar-refractivity contribution in [3.8, 4) is 17.2 Å². The molecule has 5 nitrogen and oxygen atoms in total. The Morgan fingerprint density at radius 1 is 1.04 bits per heavy atom. The summed E-state index contributed by atoms with van der Waals surface area (Å²) in [5.41, 5.74) is 0.502. The molecule has 0 bridgehead atoms. The van der Waals surface area contributed by atoms with Gasteiger partial charge < -0.3 is 18.6 Å². The summed E-state index contributed by atoms with van der Waals surface area (Å²) in [4.78, 5) is 12.3. The second-order valence-electron chi connectivity index (χ2n) is 5.81. The largest absolute Gasteiger partial charge is 0.486 e. The van der Waals surface area contributed by atoms with Crippen molar-refractivity contribution in [3.05, 3.63) is 83.6 Å². The molecule has 2 heterocycles. The molecule has 0 unspecified atom stereocenters. The summed E-state index contributed by atoms with van der Waals surface area (Å²) in [6.45, 7) is 0.369. The van der Waals surface area contributed by atoms with Crippen molar-refractivity contribution in [1.29, 1.82) is 0 Å². The average Bonchev–Trinajstić information content (AvgIpc) is 3.34. The van der Waals surface area contributed by atoms with Crippen LogP contribution in [0.4, 0.5) is 4.39 Å². The molecule has 0 spiro atoms. The van der Waals surface area contributed by atoms with Gasteiger partial charge in [-0.1, -0.05) is 0 Å². The van der Waals surface area contributed by atoms with E-state index >= 15 is 0 Å². The van der Waals surface area contributed by atoms with Crippen molar-refractivity contribution in [3.63, 3.8) is 0 Å². The number of carbonyl (C=O) groups is 1. The van der Waals surface area contributed by atoms with Crippen LogP contribution in [0.3, 0.4) is 0 Å². The topological polar surface area (TPSA) is 57.9 Å². The molecule has 27 heavy (non-hydrogen) atoms. The highest BCUT2D eigenvalue weighted by molar-refractivity contribution is 6.07. The van der Waals surface area contributed by atoms with Crippen LogP contribution in [0.1, 0.15) is 21.9 Å². The molecular weight excluding hydrogens is 351 g/mol. The number of carbonyl (C=O) groups excluding carboxylic acids is 1. The van der Waals surface area contributed by atoms with Gasteiger partial charge in [-0.05, 0) is 66.7 Å². The Balaban J connectivity index is 1.37. The van der Waals surface area contributed by atoms with Crippen LogP contribution in [0, 0.1) is 5.82 Å². The summed E-state index contributed by atoms with van der Waals surface area (Å²) in [6, 6.07) is 14.3. The zero-order chi connectivity index (χ0) is 18.6. The maximum absolute atomic E-state index is 12.9. The van der Waals surface area contributed by atoms with E-state index < -0.39 is 0 Å². The number of benzene rings is 2. The molecule has 1 aliphatic heterocycles. The van der Waals surface area contributed by atoms with E-state index in [0.717, 1.165) is 0 Å². The number of fused-ring (bicyclic) bond motifs is 1. The summed E-state index contributed by atoms with van der Waals surface area (Å²) < 4.78 is 34.5. The van der Waals surface area contributed by atoms with E-state index in [-0.39, 0.29) is 25.0 Å². The highest BCUT2D eigenvalue weighted by Gasteiger charge is 2.15. The fraction of sp³-hybridized carbons (Fsp3) is 0.0952. The number of hydrogen-bond donors (Lipinski definition) is 0. The summed E-state index contributed by atoms with van der Waals surface area (Å²) in [5, 5.41) is 0. The molecule has 2 aromatic carbocycles. The molecule has 0 radical (unpaired) electrons. The Kier molecular flexibility index (Phi) is 4.61. The highest BCUT2D eigenvalue weighted by Crippen LogP contribution is 2.32. The lowest BCUT2D eigenvalue weighted by Gasteiger charge is -2.03. The number of ketones is 1. The van der Waals surface area contributed by atoms with Gasteiger partial charge in [0.05, 0.1) is 0 Å². The maximum atomic E-state index is 12.9. The molecule has 0 atom stereocenters. The van der Waals surface area contributed by atoms with Crippen LogP contribution in [0.5, 0.6) is 17.2 Å². The van der Waals surface area contributed by atoms with E-state index in [1.807, 2.05) is 0 Å². The predicted molar refractivity (Wildman–Crippen MR) is 95.4 cm³/mol. The Labute approximate surface area is 154 Å². The van der Waals surface area contributed by atoms with E-state index in [2.05, 4.69) is 0 Å². The maximum Gasteiger partial charge on any atom is 0.231 e. The third-order valence-corrected chi connectivity index (χ3v) is 3.93. The van der Waals surface area contributed by atoms with E-state index in [1.54, 1.807) is 48.5 Å². The number of furan rings is 1. The number of rotatable bonds is 6. The minimum atomic E-state index is -0.320. The molecule has 0 amide bonds. The summed E-state index contributed by atoms with van der Waals surface area (Å²) in [5.74, 6) is 2.37. The van der Waals surface area contributed by atoms with E-state index in [9.17, 15) is 9.18 Å². The summed E-state index contributed by atoms with van der Waals surface area (Å²) >= 11 is 0. The van der Waals surface area contributed by atoms with Crippen molar-refractivity contribution in [2.45, 2.75) is 6.61 Å². The van der Waals surface area contributed by atoms with Gasteiger partial charge in [0.25, 0.3) is 0 Å². The monoisotopic (exact) mass is 366 g/mol. The first-order valence-electron chi connectivity index (χ1n) is 8.26. The Morgan fingerprint density at radius 2 is 1.85 bits per heavy atom. The lowest BCUT2D eigenvalue weighted by molar-refractivity contribution is 0.104. The van der Waals surface area contributed by atoms with Gasteiger partial charge in [0, 0.05) is 5.56 Å². The third-order valence-electron chi connectivity index (χ3n) is 3.93. The molecule has 0 saturated heterocycles. The van der Waals surface area contributed by atoms with E-state index in [0.29, 0.717) is 34.3 Å². The smallest absolute Gasteiger partial charge is 0.231 e. The molecule has 0 saturated carbocycles. The van der Waals surface area contributed by atoms with E-state index in [4.69, 9.17) is 18.6 Å². The zero-order valence-electron chi connectivity index (χ0n) is 14.2. The first-order valence-corrected chi connectivity index (χ1v) is 8.26. The first-order chi connectivity index (χ1) is 13.2. The van der Waals surface area contributed by atoms with Crippen LogP contribution in [0.2, 0.25) is 0 Å². The SMILES string of the molecule is O=C(/C=C/c1ccc(COc2ccc(F)cc2)o1)c1ccc2c(c1)OCO2. The van der Waals surface area contributed by atoms with Crippen molar-refractivity contribution in [2.24, 2.45) is 0 Å². The van der Waals surface area contributed by atoms with Crippen molar-refractivity contribution in [2.75, 3.05) is 6.79 Å². The Hall–Kier alpha value is -3.54. The summed E-state index contributed by atoms with van der Waals surface area (Å²) in [7, 11) is 0. The summed E-state index contributed by atoms with van der Waals surface area (Å²) in [6.07, 6.45) is 3.02. The van der Waals surface area contributed by atoms with Gasteiger partial charge in [0.15, 0.2) is 17.3 Å². The van der Waals surface area contributed by atoms with Crippen LogP contribution in [0.25, 0.3) is 6.08 Å². The minimum Gasteiger partial charge on any atom is -0.486 e. The molecule has 1 aromatic heterocycles. The first kappa shape index (κ1) is 16.9. The van der Waals surface area contributed by atoms with Gasteiger partial charge >= 0.3 is 0 Å². The molecule has 6 heteroatoms. The van der Waals surface area contributed by atoms with Crippen molar-refractivity contribution in [1.82, 2.24) is 0 Å². The second-order valence-corrected chi connectivity index (χ2v) is 5.81. The van der Waals surface area contributed by atoms with Crippen LogP contribution in [-0.2, 0) is 6.61 Å². The molecule has 1 aliphatic rings. The van der Waals surface area contributed by atoms with Crippen LogP contribution in [0.15, 0.2) is 65.1 Å². The van der Waals surface area contributed by atoms with Gasteiger partial charge in [-0.25, -0.2) is 4.39 Å². The highest BCUT2D eigenvalue weighted by atomic mass is 19.1. The number of hydrogen-bond acceptors (Lipinski definition) is 5. The molecule has 4 rings (SSSR count). The number of ether oxygens (including phenoxy) is 3. The van der Waals surface area contributed by atoms with Crippen LogP contribution in [-0.4, -0.2) is 12.6 Å². The lowest BCUT2D eigenvalue weighted by atomic mass is 10.1. The normalized spacial score (nSPS) is 12.5. The van der Waals surface area contributed by atoms with E-state index in [1.165, 1.54) is 18.2 Å². The number of halogens is 1. The second kappa shape index (κ2) is 7.37. The van der Waals surface area contributed by atoms with Crippen LogP contribution < -0.4 is 14.2 Å². The molecular formula is C21H15FO5. The van der Waals surface area contributed by atoms with Gasteiger partial charge in [0.2, 0.25) is 6.79 Å². The lowest BCUT2D eigenvalue weighted by Crippen LogP contribution is -1.94. The molecule has 0 aliphatic carbocycles. The average molecular weight is 366 g/mol. The Morgan fingerprint density at radius 3 is 2.70 bits per heavy atom. The fourth-order valence-corrected chi connectivity index (χ4v) is 2.55. The zero-order valence-corrected chi connectivity index (χ0v) is 14.2. The Bertz CT molecular complexity index is 988. The van der Waals surface area contributed by atoms with Gasteiger partial charge in [-0.2, -0.15) is 0 Å². The van der Waals surface area contributed by atoms with Crippen molar-refractivity contribution >= 4 is 11.9 Å². The van der Waals surface area contributed by atoms with Gasteiger partial charge in [0.1, 0.15) is 29.7 Å². The fourth-order valence-electron chi connectivity index (χ4n) is 2.55. The number of allylic oxidation sites excluding steroid dienone is 1. The van der Waals surface area contributed by atoms with Crippen LogP contribution >= 0.6 is 0 Å². The van der Waals surface area contributed by atoms with Gasteiger partial charge in [-0.15, -0.1) is 0 Å². The van der Waals surface area contributed by atoms with Crippen molar-refractivity contribution < 1.29 is 27.8 Å². The molecule has 136 valence electrons. The molecule has 3 aromatic rings. The predicted octanol–water partition coefficient (Wildman–Crippen LogP) is 4.62. The third kappa shape index (κ3) is 4.00. The minimum absolute atomic E-state index is 0.165. The quantitative estimate of drug-likeness (QED) is 0.471. The molecule has 0 N–H and O–H groups in total. The molecule has 0 fully saturated rings.